The molecule has 2 unspecified atom stereocenters. The normalized spacial score (nSPS) is 13.9. The van der Waals surface area contributed by atoms with Crippen molar-refractivity contribution in [3.8, 4) is 0 Å². The van der Waals surface area contributed by atoms with Crippen molar-refractivity contribution >= 4 is 39.5 Å². The van der Waals surface area contributed by atoms with Gasteiger partial charge in [-0.1, -0.05) is 363 Å². The van der Waals surface area contributed by atoms with E-state index >= 15 is 0 Å². The SMILES string of the molecule is CCCCCCCCCCCCCCCCC(=O)OC[C@H](COP(=O)(O)OC[C@@H](O)COP(=O)(O)OC[C@@H](COC(=O)CCCCCCCCCCCCC)OC(=O)CCCCCCCCCCCC(C)C)OC(=O)CCCCCCCCCCCCCCCCCCCCC(C)C. The standard InChI is InChI=1S/C79H154O17P2/c1-7-9-11-13-15-17-19-20-28-32-38-44-50-56-62-77(82)90-67-74(95-78(83)63-57-51-45-39-33-29-26-24-22-21-23-25-27-31-35-41-47-53-59-71(3)4)69-93-97(85,86)91-65-73(80)66-92-98(87,88)94-70-75(68-89-76(81)61-55-49-43-37-30-18-16-14-12-10-8-2)96-79(84)64-58-52-46-40-34-36-42-48-54-60-72(5)6/h71-75,80H,7-70H2,1-6H3,(H,85,86)(H,87,88)/t73-,74-,75-/m1/s1. The number of aliphatic hydroxyl groups excluding tert-OH is 1. The maximum Gasteiger partial charge on any atom is 0.472 e. The van der Waals surface area contributed by atoms with E-state index in [2.05, 4.69) is 41.5 Å². The highest BCUT2D eigenvalue weighted by atomic mass is 31.2. The van der Waals surface area contributed by atoms with Gasteiger partial charge in [-0.3, -0.25) is 37.3 Å². The van der Waals surface area contributed by atoms with Crippen LogP contribution < -0.4 is 0 Å². The van der Waals surface area contributed by atoms with Crippen molar-refractivity contribution in [1.29, 1.82) is 0 Å². The van der Waals surface area contributed by atoms with Crippen LogP contribution in [0.25, 0.3) is 0 Å². The van der Waals surface area contributed by atoms with E-state index < -0.39 is 97.5 Å². The first-order chi connectivity index (χ1) is 47.4. The molecule has 0 aliphatic rings. The van der Waals surface area contributed by atoms with Gasteiger partial charge < -0.3 is 33.8 Å². The van der Waals surface area contributed by atoms with E-state index in [-0.39, 0.29) is 25.7 Å². The Morgan fingerprint density at radius 2 is 0.469 bits per heavy atom. The molecule has 0 fully saturated rings. The fourth-order valence-corrected chi connectivity index (χ4v) is 13.8. The predicted octanol–water partition coefficient (Wildman–Crippen LogP) is 23.5. The Morgan fingerprint density at radius 3 is 0.694 bits per heavy atom. The first kappa shape index (κ1) is 96.1. The number of aliphatic hydroxyl groups is 1. The van der Waals surface area contributed by atoms with Crippen molar-refractivity contribution in [2.24, 2.45) is 11.8 Å². The number of unbranched alkanes of at least 4 members (excludes halogenated alkanes) is 48. The van der Waals surface area contributed by atoms with Crippen LogP contribution in [-0.4, -0.2) is 96.7 Å². The van der Waals surface area contributed by atoms with Gasteiger partial charge in [0.25, 0.3) is 0 Å². The molecule has 0 aliphatic carbocycles. The molecule has 0 saturated carbocycles. The van der Waals surface area contributed by atoms with Crippen LogP contribution in [0.2, 0.25) is 0 Å². The topological polar surface area (TPSA) is 237 Å². The molecule has 0 saturated heterocycles. The third-order valence-corrected chi connectivity index (χ3v) is 20.4. The van der Waals surface area contributed by atoms with Gasteiger partial charge in [0.15, 0.2) is 12.2 Å². The molecular formula is C79H154O17P2. The van der Waals surface area contributed by atoms with Crippen molar-refractivity contribution in [3.05, 3.63) is 0 Å². The summed E-state index contributed by atoms with van der Waals surface area (Å²) in [6.45, 7) is 9.63. The van der Waals surface area contributed by atoms with Gasteiger partial charge in [-0.15, -0.1) is 0 Å². The van der Waals surface area contributed by atoms with E-state index in [1.165, 1.54) is 231 Å². The minimum atomic E-state index is -4.96. The summed E-state index contributed by atoms with van der Waals surface area (Å²) < 4.78 is 68.6. The number of rotatable bonds is 78. The molecule has 3 N–H and O–H groups in total. The fraction of sp³-hybridized carbons (Fsp3) is 0.949. The molecule has 0 bridgehead atoms. The van der Waals surface area contributed by atoms with Crippen molar-refractivity contribution in [3.63, 3.8) is 0 Å². The van der Waals surface area contributed by atoms with Crippen molar-refractivity contribution in [1.82, 2.24) is 0 Å². The molecule has 0 aliphatic heterocycles. The highest BCUT2D eigenvalue weighted by Gasteiger charge is 2.30. The fourth-order valence-electron chi connectivity index (χ4n) is 12.2. The number of phosphoric acid groups is 2. The molecular weight excluding hydrogens is 1280 g/mol. The van der Waals surface area contributed by atoms with Gasteiger partial charge in [-0.05, 0) is 37.5 Å². The van der Waals surface area contributed by atoms with Gasteiger partial charge in [-0.2, -0.15) is 0 Å². The van der Waals surface area contributed by atoms with Crippen LogP contribution >= 0.6 is 15.6 Å². The Labute approximate surface area is 600 Å². The number of carbonyl (C=O) groups is 4. The van der Waals surface area contributed by atoms with E-state index in [1.54, 1.807) is 0 Å². The number of hydrogen-bond donors (Lipinski definition) is 3. The first-order valence-corrected chi connectivity index (χ1v) is 44.0. The third kappa shape index (κ3) is 72.4. The first-order valence-electron chi connectivity index (χ1n) is 41.0. The number of carbonyl (C=O) groups excluding carboxylic acids is 4. The Balaban J connectivity index is 5.21. The van der Waals surface area contributed by atoms with E-state index in [0.717, 1.165) is 102 Å². The highest BCUT2D eigenvalue weighted by molar-refractivity contribution is 7.47. The Bertz CT molecular complexity index is 1890. The molecule has 0 radical (unpaired) electrons. The smallest absolute Gasteiger partial charge is 0.462 e. The van der Waals surface area contributed by atoms with Crippen LogP contribution in [0.3, 0.4) is 0 Å². The molecule has 0 amide bonds. The number of esters is 4. The molecule has 582 valence electrons. The summed E-state index contributed by atoms with van der Waals surface area (Å²) in [6.07, 6.45) is 59.6. The Hall–Kier alpha value is -1.94. The average Bonchev–Trinajstić information content (AvgIpc) is 1.93. The van der Waals surface area contributed by atoms with Gasteiger partial charge in [0, 0.05) is 25.7 Å². The molecule has 17 nitrogen and oxygen atoms in total. The molecule has 98 heavy (non-hydrogen) atoms. The van der Waals surface area contributed by atoms with Crippen LogP contribution in [0.15, 0.2) is 0 Å². The van der Waals surface area contributed by atoms with Crippen LogP contribution in [-0.2, 0) is 65.4 Å². The lowest BCUT2D eigenvalue weighted by atomic mass is 10.0. The molecule has 0 heterocycles. The van der Waals surface area contributed by atoms with Crippen LogP contribution in [0.4, 0.5) is 0 Å². The molecule has 0 aromatic heterocycles. The van der Waals surface area contributed by atoms with E-state index in [4.69, 9.17) is 37.0 Å². The highest BCUT2D eigenvalue weighted by Crippen LogP contribution is 2.45. The maximum atomic E-state index is 13.1. The minimum Gasteiger partial charge on any atom is -0.462 e. The monoisotopic (exact) mass is 1440 g/mol. The zero-order chi connectivity index (χ0) is 72.1. The lowest BCUT2D eigenvalue weighted by molar-refractivity contribution is -0.161. The van der Waals surface area contributed by atoms with Gasteiger partial charge >= 0.3 is 39.5 Å². The van der Waals surface area contributed by atoms with E-state index in [0.29, 0.717) is 25.7 Å². The number of ether oxygens (including phenoxy) is 4. The Morgan fingerprint density at radius 1 is 0.276 bits per heavy atom. The summed E-state index contributed by atoms with van der Waals surface area (Å²) in [6, 6.07) is 0. The largest absolute Gasteiger partial charge is 0.472 e. The lowest BCUT2D eigenvalue weighted by Gasteiger charge is -2.21. The van der Waals surface area contributed by atoms with Crippen LogP contribution in [0, 0.1) is 11.8 Å². The van der Waals surface area contributed by atoms with E-state index in [1.807, 2.05) is 0 Å². The molecule has 0 rings (SSSR count). The summed E-state index contributed by atoms with van der Waals surface area (Å²) >= 11 is 0. The summed E-state index contributed by atoms with van der Waals surface area (Å²) in [7, 11) is -9.91. The summed E-state index contributed by atoms with van der Waals surface area (Å²) in [5.41, 5.74) is 0. The second-order valence-corrected chi connectivity index (χ2v) is 32.3. The van der Waals surface area contributed by atoms with Crippen molar-refractivity contribution in [2.45, 2.75) is 432 Å². The quantitative estimate of drug-likeness (QED) is 0.0222. The Kier molecular flexibility index (Phi) is 69.3. The molecule has 0 aromatic rings. The predicted molar refractivity (Wildman–Crippen MR) is 400 cm³/mol. The maximum absolute atomic E-state index is 13.1. The van der Waals surface area contributed by atoms with Gasteiger partial charge in [0.1, 0.15) is 19.3 Å². The van der Waals surface area contributed by atoms with Gasteiger partial charge in [-0.25, -0.2) is 9.13 Å². The van der Waals surface area contributed by atoms with Crippen molar-refractivity contribution < 1.29 is 80.2 Å². The second-order valence-electron chi connectivity index (χ2n) is 29.4. The number of phosphoric ester groups is 2. The van der Waals surface area contributed by atoms with Crippen LogP contribution in [0.1, 0.15) is 414 Å². The molecule has 0 aromatic carbocycles. The summed E-state index contributed by atoms with van der Waals surface area (Å²) in [5, 5.41) is 10.6. The number of hydrogen-bond acceptors (Lipinski definition) is 15. The summed E-state index contributed by atoms with van der Waals surface area (Å²) in [5.74, 6) is -0.554. The molecule has 19 heteroatoms. The second kappa shape index (κ2) is 70.7. The third-order valence-electron chi connectivity index (χ3n) is 18.5. The van der Waals surface area contributed by atoms with E-state index in [9.17, 15) is 43.2 Å². The minimum absolute atomic E-state index is 0.106. The summed E-state index contributed by atoms with van der Waals surface area (Å²) in [4.78, 5) is 72.9. The van der Waals surface area contributed by atoms with Gasteiger partial charge in [0.2, 0.25) is 0 Å². The average molecular weight is 1440 g/mol. The zero-order valence-electron chi connectivity index (χ0n) is 64.1. The molecule has 5 atom stereocenters. The van der Waals surface area contributed by atoms with Crippen LogP contribution in [0.5, 0.6) is 0 Å². The molecule has 0 spiro atoms. The van der Waals surface area contributed by atoms with Crippen molar-refractivity contribution in [2.75, 3.05) is 39.6 Å². The van der Waals surface area contributed by atoms with Gasteiger partial charge in [0.05, 0.1) is 26.4 Å². The zero-order valence-corrected chi connectivity index (χ0v) is 65.9. The lowest BCUT2D eigenvalue weighted by Crippen LogP contribution is -2.30.